The van der Waals surface area contributed by atoms with E-state index in [9.17, 15) is 0 Å². The lowest BCUT2D eigenvalue weighted by atomic mass is 9.90. The smallest absolute Gasteiger partial charge is 0.0794 e. The van der Waals surface area contributed by atoms with Gasteiger partial charge in [-0.15, -0.1) is 0 Å². The Kier molecular flexibility index (Phi) is 5.49. The molecule has 0 radical (unpaired) electrons. The molecule has 0 saturated heterocycles. The van der Waals surface area contributed by atoms with Gasteiger partial charge in [0.1, 0.15) is 0 Å². The van der Waals surface area contributed by atoms with Gasteiger partial charge in [-0.3, -0.25) is 4.98 Å². The maximum Gasteiger partial charge on any atom is 0.0794 e. The second-order valence-electron chi connectivity index (χ2n) is 9.47. The van der Waals surface area contributed by atoms with Crippen molar-refractivity contribution in [3.05, 3.63) is 146 Å². The van der Waals surface area contributed by atoms with Gasteiger partial charge in [0.15, 0.2) is 0 Å². The minimum Gasteiger partial charge on any atom is -0.264 e. The van der Waals surface area contributed by atoms with E-state index in [4.69, 9.17) is 4.98 Å². The van der Waals surface area contributed by atoms with Gasteiger partial charge in [-0.1, -0.05) is 115 Å². The fourth-order valence-corrected chi connectivity index (χ4v) is 5.28. The molecule has 0 saturated carbocycles. The van der Waals surface area contributed by atoms with Crippen LogP contribution in [-0.2, 0) is 0 Å². The molecule has 0 spiro atoms. The van der Waals surface area contributed by atoms with Gasteiger partial charge >= 0.3 is 0 Å². The molecule has 0 atom stereocenters. The highest BCUT2D eigenvalue weighted by atomic mass is 14.7. The third-order valence-electron chi connectivity index (χ3n) is 7.16. The monoisotopic (exact) mass is 484 g/mol. The SMILES string of the molecule is c1ccc(-c2cc(-c3ccccc3)c3cc(-c4ccc(-c5cccnc5)cc4)c4ccccc4c3n2)cc1. The largest absolute Gasteiger partial charge is 0.264 e. The van der Waals surface area contributed by atoms with Crippen molar-refractivity contribution in [2.24, 2.45) is 0 Å². The summed E-state index contributed by atoms with van der Waals surface area (Å²) < 4.78 is 0. The van der Waals surface area contributed by atoms with Crippen molar-refractivity contribution in [1.82, 2.24) is 9.97 Å². The van der Waals surface area contributed by atoms with E-state index in [0.29, 0.717) is 0 Å². The summed E-state index contributed by atoms with van der Waals surface area (Å²) >= 11 is 0. The van der Waals surface area contributed by atoms with Crippen LogP contribution in [0.4, 0.5) is 0 Å². The van der Waals surface area contributed by atoms with Gasteiger partial charge < -0.3 is 0 Å². The Morgan fingerprint density at radius 1 is 0.395 bits per heavy atom. The van der Waals surface area contributed by atoms with Crippen molar-refractivity contribution in [3.63, 3.8) is 0 Å². The van der Waals surface area contributed by atoms with Crippen molar-refractivity contribution < 1.29 is 0 Å². The Morgan fingerprint density at radius 2 is 0.974 bits per heavy atom. The summed E-state index contributed by atoms with van der Waals surface area (Å²) in [6.07, 6.45) is 3.71. The van der Waals surface area contributed by atoms with E-state index in [2.05, 4.69) is 126 Å². The van der Waals surface area contributed by atoms with Crippen LogP contribution in [0.2, 0.25) is 0 Å². The predicted octanol–water partition coefficient (Wildman–Crippen LogP) is 9.45. The fraction of sp³-hybridized carbons (Fsp3) is 0. The van der Waals surface area contributed by atoms with Gasteiger partial charge in [0.25, 0.3) is 0 Å². The van der Waals surface area contributed by atoms with Crippen LogP contribution in [0.1, 0.15) is 0 Å². The summed E-state index contributed by atoms with van der Waals surface area (Å²) in [6, 6.07) is 47.1. The number of pyridine rings is 2. The first-order valence-corrected chi connectivity index (χ1v) is 12.8. The molecule has 5 aromatic carbocycles. The second-order valence-corrected chi connectivity index (χ2v) is 9.47. The summed E-state index contributed by atoms with van der Waals surface area (Å²) in [4.78, 5) is 9.52. The van der Waals surface area contributed by atoms with Crippen LogP contribution in [-0.4, -0.2) is 9.97 Å². The second kappa shape index (κ2) is 9.42. The summed E-state index contributed by atoms with van der Waals surface area (Å²) in [6.45, 7) is 0. The van der Waals surface area contributed by atoms with Gasteiger partial charge in [-0.25, -0.2) is 4.98 Å². The molecule has 0 bridgehead atoms. The highest BCUT2D eigenvalue weighted by Crippen LogP contribution is 2.40. The standard InChI is InChI=1S/C36H24N2/c1-3-10-26(11-4-1)33-23-35(28-12-5-2-6-13-28)38-36-31-16-8-7-15-30(31)32(22-34(33)36)27-19-17-25(18-20-27)29-14-9-21-37-24-29/h1-24H. The van der Waals surface area contributed by atoms with Crippen molar-refractivity contribution in [1.29, 1.82) is 0 Å². The quantitative estimate of drug-likeness (QED) is 0.233. The Hall–Kier alpha value is -5.08. The van der Waals surface area contributed by atoms with E-state index >= 15 is 0 Å². The average Bonchev–Trinajstić information content (AvgIpc) is 3.01. The zero-order valence-corrected chi connectivity index (χ0v) is 20.8. The Balaban J connectivity index is 1.50. The maximum absolute atomic E-state index is 5.24. The molecule has 0 aliphatic carbocycles. The van der Waals surface area contributed by atoms with Crippen molar-refractivity contribution in [2.45, 2.75) is 0 Å². The molecule has 7 aromatic rings. The summed E-state index contributed by atoms with van der Waals surface area (Å²) in [5, 5.41) is 3.51. The summed E-state index contributed by atoms with van der Waals surface area (Å²) in [5.74, 6) is 0. The number of hydrogen-bond donors (Lipinski definition) is 0. The molecule has 0 unspecified atom stereocenters. The maximum atomic E-state index is 5.24. The topological polar surface area (TPSA) is 25.8 Å². The van der Waals surface area contributed by atoms with Gasteiger partial charge in [-0.05, 0) is 57.0 Å². The molecule has 2 heterocycles. The Labute approximate surface area is 221 Å². The number of fused-ring (bicyclic) bond motifs is 3. The molecule has 2 aromatic heterocycles. The van der Waals surface area contributed by atoms with Crippen LogP contribution < -0.4 is 0 Å². The first-order valence-electron chi connectivity index (χ1n) is 12.8. The molecule has 7 rings (SSSR count). The van der Waals surface area contributed by atoms with E-state index in [-0.39, 0.29) is 0 Å². The van der Waals surface area contributed by atoms with Crippen LogP contribution in [0.15, 0.2) is 146 Å². The van der Waals surface area contributed by atoms with Gasteiger partial charge in [-0.2, -0.15) is 0 Å². The van der Waals surface area contributed by atoms with Gasteiger partial charge in [0.2, 0.25) is 0 Å². The van der Waals surface area contributed by atoms with Crippen LogP contribution >= 0.6 is 0 Å². The molecule has 0 aliphatic heterocycles. The minimum absolute atomic E-state index is 0.982. The highest BCUT2D eigenvalue weighted by Gasteiger charge is 2.15. The van der Waals surface area contributed by atoms with Crippen LogP contribution in [0.5, 0.6) is 0 Å². The Bertz CT molecular complexity index is 1880. The molecule has 178 valence electrons. The van der Waals surface area contributed by atoms with Crippen LogP contribution in [0.25, 0.3) is 66.3 Å². The molecule has 2 nitrogen and oxygen atoms in total. The number of benzene rings is 5. The van der Waals surface area contributed by atoms with Gasteiger partial charge in [0.05, 0.1) is 11.2 Å². The molecule has 38 heavy (non-hydrogen) atoms. The summed E-state index contributed by atoms with van der Waals surface area (Å²) in [7, 11) is 0. The summed E-state index contributed by atoms with van der Waals surface area (Å²) in [5.41, 5.74) is 10.2. The molecule has 0 N–H and O–H groups in total. The average molecular weight is 485 g/mol. The minimum atomic E-state index is 0.982. The zero-order chi connectivity index (χ0) is 25.3. The molecule has 0 fully saturated rings. The normalized spacial score (nSPS) is 11.2. The molecular weight excluding hydrogens is 460 g/mol. The van der Waals surface area contributed by atoms with E-state index in [0.717, 1.165) is 38.7 Å². The Morgan fingerprint density at radius 3 is 1.68 bits per heavy atom. The molecule has 0 amide bonds. The number of nitrogens with zero attached hydrogens (tertiary/aromatic N) is 2. The highest BCUT2D eigenvalue weighted by molar-refractivity contribution is 6.16. The molecule has 0 aliphatic rings. The third-order valence-corrected chi connectivity index (χ3v) is 7.16. The molecular formula is C36H24N2. The van der Waals surface area contributed by atoms with E-state index in [1.807, 2.05) is 18.3 Å². The fourth-order valence-electron chi connectivity index (χ4n) is 5.28. The number of hydrogen-bond acceptors (Lipinski definition) is 2. The van der Waals surface area contributed by atoms with E-state index in [1.165, 1.54) is 27.6 Å². The van der Waals surface area contributed by atoms with Crippen molar-refractivity contribution in [3.8, 4) is 44.6 Å². The van der Waals surface area contributed by atoms with E-state index in [1.54, 1.807) is 6.20 Å². The first kappa shape index (κ1) is 22.1. The lowest BCUT2D eigenvalue weighted by Crippen LogP contribution is -1.93. The zero-order valence-electron chi connectivity index (χ0n) is 20.8. The number of rotatable bonds is 4. The van der Waals surface area contributed by atoms with Gasteiger partial charge in [0, 0.05) is 28.7 Å². The lowest BCUT2D eigenvalue weighted by molar-refractivity contribution is 1.33. The van der Waals surface area contributed by atoms with Crippen molar-refractivity contribution >= 4 is 21.7 Å². The lowest BCUT2D eigenvalue weighted by Gasteiger charge is -2.16. The van der Waals surface area contributed by atoms with Crippen LogP contribution in [0, 0.1) is 0 Å². The predicted molar refractivity (Wildman–Crippen MR) is 159 cm³/mol. The van der Waals surface area contributed by atoms with Crippen LogP contribution in [0.3, 0.4) is 0 Å². The number of aromatic nitrogens is 2. The van der Waals surface area contributed by atoms with Crippen molar-refractivity contribution in [2.75, 3.05) is 0 Å². The first-order chi connectivity index (χ1) is 18.8. The van der Waals surface area contributed by atoms with E-state index < -0.39 is 0 Å². The molecule has 2 heteroatoms. The third kappa shape index (κ3) is 3.93.